The third-order valence-corrected chi connectivity index (χ3v) is 5.58. The Labute approximate surface area is 181 Å². The summed E-state index contributed by atoms with van der Waals surface area (Å²) in [5.41, 5.74) is 3.77. The first kappa shape index (κ1) is 20.9. The largest absolute Gasteiger partial charge is 0.481 e. The van der Waals surface area contributed by atoms with E-state index in [2.05, 4.69) is 9.97 Å². The van der Waals surface area contributed by atoms with Crippen LogP contribution in [0.3, 0.4) is 0 Å². The van der Waals surface area contributed by atoms with Crippen molar-refractivity contribution in [3.63, 3.8) is 0 Å². The lowest BCUT2D eigenvalue weighted by Crippen LogP contribution is -2.41. The van der Waals surface area contributed by atoms with Crippen molar-refractivity contribution in [3.8, 4) is 16.9 Å². The number of nitrogens with zero attached hydrogens (tertiary/aromatic N) is 4. The zero-order valence-corrected chi connectivity index (χ0v) is 17.7. The molecule has 31 heavy (non-hydrogen) atoms. The van der Waals surface area contributed by atoms with Gasteiger partial charge in [0.05, 0.1) is 11.7 Å². The van der Waals surface area contributed by atoms with Crippen molar-refractivity contribution in [3.05, 3.63) is 71.8 Å². The molecule has 2 aromatic heterocycles. The molecule has 1 aliphatic rings. The van der Waals surface area contributed by atoms with Gasteiger partial charge in [0.15, 0.2) is 18.2 Å². The molecule has 0 N–H and O–H groups in total. The zero-order chi connectivity index (χ0) is 21.8. The number of aryl methyl sites for hydroxylation is 2. The van der Waals surface area contributed by atoms with Gasteiger partial charge in [-0.3, -0.25) is 9.78 Å². The first-order chi connectivity index (χ1) is 15.0. The quantitative estimate of drug-likeness (QED) is 0.611. The van der Waals surface area contributed by atoms with Crippen molar-refractivity contribution in [2.75, 3.05) is 13.2 Å². The molecule has 0 aliphatic carbocycles. The van der Waals surface area contributed by atoms with Crippen molar-refractivity contribution in [1.29, 1.82) is 0 Å². The minimum atomic E-state index is -0.479. The molecular formula is C24H25FN4O2. The monoisotopic (exact) mass is 420 g/mol. The van der Waals surface area contributed by atoms with Crippen LogP contribution in [-0.2, 0) is 4.79 Å². The molecule has 0 saturated carbocycles. The van der Waals surface area contributed by atoms with Crippen LogP contribution < -0.4 is 4.74 Å². The van der Waals surface area contributed by atoms with Crippen LogP contribution in [0.1, 0.15) is 42.4 Å². The number of rotatable bonds is 5. The van der Waals surface area contributed by atoms with Gasteiger partial charge in [-0.25, -0.2) is 14.4 Å². The number of halogens is 1. The molecule has 3 aromatic rings. The molecule has 0 radical (unpaired) electrons. The Bertz CT molecular complexity index is 1090. The number of hydrogen-bond acceptors (Lipinski definition) is 5. The Balaban J connectivity index is 1.63. The standard InChI is InChI=1S/C24H25FN4O2/c1-16-13-26-11-10-18(16)19-14-27-17(2)28-24(19)21-8-5-6-12-29(21)23(30)15-31-22-9-4-3-7-20(22)25/h3-4,7,9-11,13-14,21H,5-6,8,12,15H2,1-2H3/t21-/m0/s1. The van der Waals surface area contributed by atoms with Crippen molar-refractivity contribution < 1.29 is 13.9 Å². The van der Waals surface area contributed by atoms with Crippen molar-refractivity contribution in [2.24, 2.45) is 0 Å². The van der Waals surface area contributed by atoms with E-state index in [0.717, 1.165) is 41.6 Å². The lowest BCUT2D eigenvalue weighted by atomic mass is 9.92. The van der Waals surface area contributed by atoms with Gasteiger partial charge in [-0.15, -0.1) is 0 Å². The highest BCUT2D eigenvalue weighted by molar-refractivity contribution is 5.79. The number of carbonyl (C=O) groups excluding carboxylic acids is 1. The van der Waals surface area contributed by atoms with Crippen LogP contribution in [-0.4, -0.2) is 38.9 Å². The number of carbonyl (C=O) groups is 1. The first-order valence-corrected chi connectivity index (χ1v) is 10.5. The van der Waals surface area contributed by atoms with Gasteiger partial charge in [-0.1, -0.05) is 12.1 Å². The zero-order valence-electron chi connectivity index (χ0n) is 17.7. The molecule has 1 saturated heterocycles. The summed E-state index contributed by atoms with van der Waals surface area (Å²) in [5.74, 6) is 0.0791. The minimum Gasteiger partial charge on any atom is -0.481 e. The predicted octanol–water partition coefficient (Wildman–Crippen LogP) is 4.43. The summed E-state index contributed by atoms with van der Waals surface area (Å²) in [6.07, 6.45) is 8.10. The molecule has 0 unspecified atom stereocenters. The first-order valence-electron chi connectivity index (χ1n) is 10.5. The van der Waals surface area contributed by atoms with E-state index >= 15 is 0 Å². The molecule has 1 aromatic carbocycles. The summed E-state index contributed by atoms with van der Waals surface area (Å²) < 4.78 is 19.4. The minimum absolute atomic E-state index is 0.0791. The van der Waals surface area contributed by atoms with Crippen molar-refractivity contribution in [1.82, 2.24) is 19.9 Å². The summed E-state index contributed by atoms with van der Waals surface area (Å²) in [6.45, 7) is 4.24. The van der Waals surface area contributed by atoms with Gasteiger partial charge >= 0.3 is 0 Å². The summed E-state index contributed by atoms with van der Waals surface area (Å²) in [6, 6.07) is 7.87. The number of piperidine rings is 1. The normalized spacial score (nSPS) is 16.2. The summed E-state index contributed by atoms with van der Waals surface area (Å²) in [5, 5.41) is 0. The molecule has 1 amide bonds. The van der Waals surface area contributed by atoms with E-state index in [1.165, 1.54) is 12.1 Å². The van der Waals surface area contributed by atoms with Crippen LogP contribution >= 0.6 is 0 Å². The fourth-order valence-corrected chi connectivity index (χ4v) is 4.02. The SMILES string of the molecule is Cc1ncc(-c2ccncc2C)c([C@@H]2CCCCN2C(=O)COc2ccccc2F)n1. The Morgan fingerprint density at radius 1 is 1.16 bits per heavy atom. The lowest BCUT2D eigenvalue weighted by molar-refractivity contribution is -0.137. The highest BCUT2D eigenvalue weighted by atomic mass is 19.1. The second kappa shape index (κ2) is 9.20. The van der Waals surface area contributed by atoms with E-state index in [1.807, 2.05) is 37.2 Å². The third kappa shape index (κ3) is 4.55. The average Bonchev–Trinajstić information content (AvgIpc) is 2.79. The predicted molar refractivity (Wildman–Crippen MR) is 115 cm³/mol. The Kier molecular flexibility index (Phi) is 6.21. The Morgan fingerprint density at radius 3 is 2.81 bits per heavy atom. The van der Waals surface area contributed by atoms with Crippen LogP contribution in [0.4, 0.5) is 4.39 Å². The number of aromatic nitrogens is 3. The third-order valence-electron chi connectivity index (χ3n) is 5.58. The van der Waals surface area contributed by atoms with E-state index in [9.17, 15) is 9.18 Å². The molecule has 6 nitrogen and oxygen atoms in total. The fourth-order valence-electron chi connectivity index (χ4n) is 4.02. The maximum Gasteiger partial charge on any atom is 0.261 e. The number of para-hydroxylation sites is 1. The van der Waals surface area contributed by atoms with Crippen LogP contribution in [0, 0.1) is 19.7 Å². The van der Waals surface area contributed by atoms with Gasteiger partial charge in [0.25, 0.3) is 5.91 Å². The van der Waals surface area contributed by atoms with Gasteiger partial charge < -0.3 is 9.64 Å². The van der Waals surface area contributed by atoms with E-state index in [-0.39, 0.29) is 24.3 Å². The number of ether oxygens (including phenoxy) is 1. The van der Waals surface area contributed by atoms with E-state index in [1.54, 1.807) is 18.3 Å². The Morgan fingerprint density at radius 2 is 2.00 bits per heavy atom. The van der Waals surface area contributed by atoms with Crippen LogP contribution in [0.2, 0.25) is 0 Å². The van der Waals surface area contributed by atoms with Gasteiger partial charge in [0.2, 0.25) is 0 Å². The molecular weight excluding hydrogens is 395 g/mol. The molecule has 0 spiro atoms. The maximum atomic E-state index is 13.9. The number of amides is 1. The molecule has 3 heterocycles. The second-order valence-corrected chi connectivity index (χ2v) is 7.72. The fraction of sp³-hybridized carbons (Fsp3) is 0.333. The van der Waals surface area contributed by atoms with Gasteiger partial charge in [0.1, 0.15) is 5.82 Å². The second-order valence-electron chi connectivity index (χ2n) is 7.72. The van der Waals surface area contributed by atoms with Crippen molar-refractivity contribution >= 4 is 5.91 Å². The number of likely N-dealkylation sites (tertiary alicyclic amines) is 1. The summed E-state index contributed by atoms with van der Waals surface area (Å²) >= 11 is 0. The average molecular weight is 420 g/mol. The topological polar surface area (TPSA) is 68.2 Å². The van der Waals surface area contributed by atoms with E-state index < -0.39 is 5.82 Å². The summed E-state index contributed by atoms with van der Waals surface area (Å²) in [7, 11) is 0. The number of benzene rings is 1. The molecule has 1 atom stereocenters. The molecule has 4 rings (SSSR count). The highest BCUT2D eigenvalue weighted by Gasteiger charge is 2.31. The van der Waals surface area contributed by atoms with Crippen LogP contribution in [0.15, 0.2) is 48.9 Å². The molecule has 160 valence electrons. The smallest absolute Gasteiger partial charge is 0.261 e. The van der Waals surface area contributed by atoms with Crippen LogP contribution in [0.25, 0.3) is 11.1 Å². The molecule has 0 bridgehead atoms. The van der Waals surface area contributed by atoms with E-state index in [0.29, 0.717) is 12.4 Å². The molecule has 1 aliphatic heterocycles. The lowest BCUT2D eigenvalue weighted by Gasteiger charge is -2.36. The highest BCUT2D eigenvalue weighted by Crippen LogP contribution is 2.36. The number of hydrogen-bond donors (Lipinski definition) is 0. The van der Waals surface area contributed by atoms with E-state index in [4.69, 9.17) is 9.72 Å². The van der Waals surface area contributed by atoms with Gasteiger partial charge in [-0.05, 0) is 62.4 Å². The molecule has 1 fully saturated rings. The molecule has 7 heteroatoms. The van der Waals surface area contributed by atoms with Crippen LogP contribution in [0.5, 0.6) is 5.75 Å². The van der Waals surface area contributed by atoms with Gasteiger partial charge in [-0.2, -0.15) is 0 Å². The Hall–Kier alpha value is -3.35. The van der Waals surface area contributed by atoms with Crippen molar-refractivity contribution in [2.45, 2.75) is 39.2 Å². The summed E-state index contributed by atoms with van der Waals surface area (Å²) in [4.78, 5) is 28.2. The maximum absolute atomic E-state index is 13.9. The number of pyridine rings is 1. The van der Waals surface area contributed by atoms with Gasteiger partial charge in [0, 0.05) is 30.7 Å².